The minimum atomic E-state index is -4.40. The second-order valence-corrected chi connectivity index (χ2v) is 30.6. The largest absolute Gasteiger partial charge is 0.472 e. The van der Waals surface area contributed by atoms with Crippen LogP contribution in [0.25, 0.3) is 0 Å². The molecule has 560 valence electrons. The number of likely N-dealkylation sites (N-methyl/N-ethyl adjacent to an activating group) is 1. The maximum absolute atomic E-state index is 12.9. The molecule has 0 radical (unpaired) electrons. The average Bonchev–Trinajstić information content (AvgIpc) is 1.48. The SMILES string of the molecule is CC/C=C\C/C=C\C/C=C\C/C=C\C/C=C\C/C=C\CCCCCCCCCCCCCCCCC(=O)OC(COC(=O)CCCCCCCCCCCCCCCCCCCCCCCCCCCCC/C=C\CCCCCCCCCC)COP(=O)(O)OCC[N+](C)(C)C. The first kappa shape index (κ1) is 93.2. The third-order valence-electron chi connectivity index (χ3n) is 18.4. The van der Waals surface area contributed by atoms with E-state index in [0.29, 0.717) is 23.9 Å². The number of hydrogen-bond acceptors (Lipinski definition) is 7. The summed E-state index contributed by atoms with van der Waals surface area (Å²) in [6, 6.07) is 0. The normalized spacial score (nSPS) is 13.4. The van der Waals surface area contributed by atoms with E-state index in [-0.39, 0.29) is 25.6 Å². The highest BCUT2D eigenvalue weighted by Gasteiger charge is 2.27. The van der Waals surface area contributed by atoms with Gasteiger partial charge in [-0.2, -0.15) is 0 Å². The van der Waals surface area contributed by atoms with Crippen LogP contribution in [0.3, 0.4) is 0 Å². The highest BCUT2D eigenvalue weighted by molar-refractivity contribution is 7.47. The Labute approximate surface area is 596 Å². The van der Waals surface area contributed by atoms with Gasteiger partial charge in [-0.05, 0) is 89.9 Å². The molecule has 0 amide bonds. The number of unbranched alkanes of at least 4 members (excludes halogenated alkanes) is 49. The minimum absolute atomic E-state index is 0.0314. The van der Waals surface area contributed by atoms with Crippen LogP contribution in [0.5, 0.6) is 0 Å². The van der Waals surface area contributed by atoms with Gasteiger partial charge in [-0.1, -0.05) is 381 Å². The Kier molecular flexibility index (Phi) is 74.1. The van der Waals surface area contributed by atoms with Crippen molar-refractivity contribution in [2.24, 2.45) is 0 Å². The van der Waals surface area contributed by atoms with E-state index < -0.39 is 26.5 Å². The number of ether oxygens (including phenoxy) is 2. The summed E-state index contributed by atoms with van der Waals surface area (Å²) in [5, 5.41) is 0. The molecular formula is C86H159NO8P+. The number of quaternary nitrogens is 1. The van der Waals surface area contributed by atoms with Crippen LogP contribution in [0.4, 0.5) is 0 Å². The van der Waals surface area contributed by atoms with Crippen LogP contribution in [0.1, 0.15) is 399 Å². The van der Waals surface area contributed by atoms with E-state index in [9.17, 15) is 19.0 Å². The zero-order valence-corrected chi connectivity index (χ0v) is 65.0. The molecule has 0 aromatic heterocycles. The minimum Gasteiger partial charge on any atom is -0.462 e. The van der Waals surface area contributed by atoms with Crippen molar-refractivity contribution in [2.45, 2.75) is 405 Å². The Morgan fingerprint density at radius 1 is 0.333 bits per heavy atom. The molecule has 0 aliphatic heterocycles. The first-order chi connectivity index (χ1) is 47.0. The summed E-state index contributed by atoms with van der Waals surface area (Å²) in [7, 11) is 1.49. The summed E-state index contributed by atoms with van der Waals surface area (Å²) < 4.78 is 34.8. The molecule has 0 saturated heterocycles. The van der Waals surface area contributed by atoms with Crippen LogP contribution in [0, 0.1) is 0 Å². The van der Waals surface area contributed by atoms with Crippen molar-refractivity contribution in [3.8, 4) is 0 Å². The molecule has 9 nitrogen and oxygen atoms in total. The summed E-state index contributed by atoms with van der Waals surface area (Å²) >= 11 is 0. The number of allylic oxidation sites excluding steroid dienone is 14. The first-order valence-corrected chi connectivity index (χ1v) is 42.8. The van der Waals surface area contributed by atoms with Crippen LogP contribution >= 0.6 is 7.82 Å². The highest BCUT2D eigenvalue weighted by Crippen LogP contribution is 2.43. The van der Waals surface area contributed by atoms with Crippen LogP contribution < -0.4 is 0 Å². The molecule has 0 aliphatic rings. The Bertz CT molecular complexity index is 1900. The summed E-state index contributed by atoms with van der Waals surface area (Å²) in [5.41, 5.74) is 0. The lowest BCUT2D eigenvalue weighted by Gasteiger charge is -2.24. The van der Waals surface area contributed by atoms with E-state index in [4.69, 9.17) is 18.5 Å². The zero-order chi connectivity index (χ0) is 69.7. The molecule has 1 N–H and O–H groups in total. The van der Waals surface area contributed by atoms with Gasteiger partial charge >= 0.3 is 19.8 Å². The van der Waals surface area contributed by atoms with Gasteiger partial charge in [0.1, 0.15) is 19.8 Å². The van der Waals surface area contributed by atoms with E-state index in [2.05, 4.69) is 98.9 Å². The number of esters is 2. The van der Waals surface area contributed by atoms with E-state index in [1.165, 1.54) is 289 Å². The summed E-state index contributed by atoms with van der Waals surface area (Å²) in [6.45, 7) is 4.38. The highest BCUT2D eigenvalue weighted by atomic mass is 31.2. The van der Waals surface area contributed by atoms with Gasteiger partial charge in [0.25, 0.3) is 0 Å². The fourth-order valence-corrected chi connectivity index (χ4v) is 12.9. The quantitative estimate of drug-likeness (QED) is 0.0211. The first-order valence-electron chi connectivity index (χ1n) is 41.3. The van der Waals surface area contributed by atoms with Crippen molar-refractivity contribution in [3.05, 3.63) is 85.1 Å². The van der Waals surface area contributed by atoms with Gasteiger partial charge in [-0.25, -0.2) is 4.57 Å². The molecule has 2 atom stereocenters. The fourth-order valence-electron chi connectivity index (χ4n) is 12.1. The monoisotopic (exact) mass is 1370 g/mol. The van der Waals surface area contributed by atoms with Crippen molar-refractivity contribution >= 4 is 19.8 Å². The molecule has 0 aliphatic carbocycles. The zero-order valence-electron chi connectivity index (χ0n) is 64.1. The third-order valence-corrected chi connectivity index (χ3v) is 19.4. The number of hydrogen-bond donors (Lipinski definition) is 1. The molecule has 0 fully saturated rings. The molecule has 10 heteroatoms. The Morgan fingerprint density at radius 2 is 0.594 bits per heavy atom. The lowest BCUT2D eigenvalue weighted by molar-refractivity contribution is -0.870. The molecule has 0 aromatic carbocycles. The van der Waals surface area contributed by atoms with E-state index in [1.807, 2.05) is 21.1 Å². The molecule has 0 spiro atoms. The van der Waals surface area contributed by atoms with E-state index in [1.54, 1.807) is 0 Å². The van der Waals surface area contributed by atoms with Crippen molar-refractivity contribution in [3.63, 3.8) is 0 Å². The van der Waals surface area contributed by atoms with Gasteiger partial charge in [-0.3, -0.25) is 18.6 Å². The van der Waals surface area contributed by atoms with Gasteiger partial charge in [0.05, 0.1) is 27.7 Å². The molecule has 2 unspecified atom stereocenters. The average molecular weight is 1370 g/mol. The van der Waals surface area contributed by atoms with Crippen LogP contribution in [0.2, 0.25) is 0 Å². The standard InChI is InChI=1S/C86H158NO8P/c1-6-8-10-12-14-16-18-20-22-24-26-28-30-32-34-36-38-40-41-42-43-44-45-47-48-50-52-54-56-58-60-62-64-66-68-70-72-74-76-78-85(88)92-82-84(83-94-96(90,91)93-81-80-87(3,4)5)95-86(89)79-77-75-73-71-69-67-65-63-61-59-57-55-53-51-49-46-39-37-35-33-31-29-27-25-23-21-19-17-15-13-11-9-7-2/h9,11,15,17,21,23-24,26-27,29,33,35,39,46,84H,6-8,10,12-14,16,18-20,22,25,28,30-32,34,36-38,40-45,47-83H2,1-5H3/p+1/b11-9-,17-15-,23-21-,26-24-,29-27-,35-33-,46-39-. The smallest absolute Gasteiger partial charge is 0.462 e. The second kappa shape index (κ2) is 76.4. The Morgan fingerprint density at radius 3 is 0.896 bits per heavy atom. The summed E-state index contributed by atoms with van der Waals surface area (Å²) in [5.74, 6) is -0.781. The molecule has 0 saturated carbocycles. The lowest BCUT2D eigenvalue weighted by atomic mass is 10.0. The topological polar surface area (TPSA) is 108 Å². The predicted octanol–water partition coefficient (Wildman–Crippen LogP) is 27.6. The molecule has 0 rings (SSSR count). The molecule has 0 heterocycles. The number of phosphoric ester groups is 1. The number of carbonyl (C=O) groups excluding carboxylic acids is 2. The second-order valence-electron chi connectivity index (χ2n) is 29.1. The molecular weight excluding hydrogens is 1210 g/mol. The maximum atomic E-state index is 12.9. The van der Waals surface area contributed by atoms with Gasteiger partial charge in [0.15, 0.2) is 6.10 Å². The molecule has 96 heavy (non-hydrogen) atoms. The summed E-state index contributed by atoms with van der Waals surface area (Å²) in [4.78, 5) is 36.0. The van der Waals surface area contributed by atoms with Crippen molar-refractivity contribution in [2.75, 3.05) is 47.5 Å². The number of phosphoric acid groups is 1. The number of carbonyl (C=O) groups is 2. The van der Waals surface area contributed by atoms with E-state index >= 15 is 0 Å². The van der Waals surface area contributed by atoms with Crippen molar-refractivity contribution < 1.29 is 42.1 Å². The van der Waals surface area contributed by atoms with E-state index in [0.717, 1.165) is 77.0 Å². The maximum Gasteiger partial charge on any atom is 0.472 e. The molecule has 0 bridgehead atoms. The summed E-state index contributed by atoms with van der Waals surface area (Å²) in [6.07, 6.45) is 106. The van der Waals surface area contributed by atoms with Crippen molar-refractivity contribution in [1.29, 1.82) is 0 Å². The van der Waals surface area contributed by atoms with Crippen LogP contribution in [-0.4, -0.2) is 74.9 Å². The van der Waals surface area contributed by atoms with Gasteiger partial charge < -0.3 is 18.9 Å². The fraction of sp³-hybridized carbons (Fsp3) is 0.814. The lowest BCUT2D eigenvalue weighted by Crippen LogP contribution is -2.37. The Balaban J connectivity index is 3.91. The third kappa shape index (κ3) is 80.2. The van der Waals surface area contributed by atoms with Crippen molar-refractivity contribution in [1.82, 2.24) is 0 Å². The van der Waals surface area contributed by atoms with Crippen LogP contribution in [-0.2, 0) is 32.7 Å². The Hall–Kier alpha value is -2.81. The predicted molar refractivity (Wildman–Crippen MR) is 418 cm³/mol. The van der Waals surface area contributed by atoms with Crippen LogP contribution in [0.15, 0.2) is 85.1 Å². The van der Waals surface area contributed by atoms with Gasteiger partial charge in [0, 0.05) is 12.8 Å². The van der Waals surface area contributed by atoms with Gasteiger partial charge in [0.2, 0.25) is 0 Å². The van der Waals surface area contributed by atoms with Gasteiger partial charge in [-0.15, -0.1) is 0 Å². The molecule has 0 aromatic rings. The number of nitrogens with zero attached hydrogens (tertiary/aromatic N) is 1. The number of rotatable bonds is 77.